The first kappa shape index (κ1) is 21.6. The van der Waals surface area contributed by atoms with Gasteiger partial charge in [0.05, 0.1) is 30.7 Å². The lowest BCUT2D eigenvalue weighted by atomic mass is 9.73. The third kappa shape index (κ3) is 3.76. The Hall–Kier alpha value is -2.92. The van der Waals surface area contributed by atoms with Crippen molar-refractivity contribution >= 4 is 23.4 Å². The maximum absolute atomic E-state index is 13.2. The first-order valence-corrected chi connectivity index (χ1v) is 11.4. The second kappa shape index (κ2) is 7.54. The highest BCUT2D eigenvalue weighted by molar-refractivity contribution is 6.30. The van der Waals surface area contributed by atoms with Crippen LogP contribution < -0.4 is 9.80 Å². The summed E-state index contributed by atoms with van der Waals surface area (Å²) in [5.74, 6) is 2.04. The van der Waals surface area contributed by atoms with Gasteiger partial charge in [-0.25, -0.2) is 4.98 Å². The molecule has 0 radical (unpaired) electrons. The molecule has 8 nitrogen and oxygen atoms in total. The van der Waals surface area contributed by atoms with Crippen molar-refractivity contribution in [3.05, 3.63) is 52.7 Å². The predicted molar refractivity (Wildman–Crippen MR) is 120 cm³/mol. The number of hydrogen-bond donors (Lipinski definition) is 0. The lowest BCUT2D eigenvalue weighted by Gasteiger charge is -2.60. The Balaban J connectivity index is 1.24. The monoisotopic (exact) mass is 490 g/mol. The molecule has 2 saturated heterocycles. The second-order valence-corrected chi connectivity index (χ2v) is 9.95. The van der Waals surface area contributed by atoms with Gasteiger partial charge in [-0.3, -0.25) is 14.5 Å². The minimum atomic E-state index is -4.31. The van der Waals surface area contributed by atoms with Gasteiger partial charge >= 0.3 is 6.18 Å². The first-order valence-electron chi connectivity index (χ1n) is 11.0. The number of anilines is 2. The summed E-state index contributed by atoms with van der Waals surface area (Å²) in [4.78, 5) is 14.5. The van der Waals surface area contributed by atoms with Crippen molar-refractivity contribution in [3.63, 3.8) is 0 Å². The number of hydrogen-bond acceptors (Lipinski definition) is 7. The molecular formula is C22H22ClF3N8. The number of alkyl halides is 3. The molecule has 0 aliphatic carbocycles. The summed E-state index contributed by atoms with van der Waals surface area (Å²) in [5.41, 5.74) is 2.53. The Bertz CT molecular complexity index is 1250. The van der Waals surface area contributed by atoms with Crippen molar-refractivity contribution in [2.24, 2.45) is 5.41 Å². The van der Waals surface area contributed by atoms with Crippen molar-refractivity contribution in [1.29, 1.82) is 0 Å². The van der Waals surface area contributed by atoms with E-state index in [0.717, 1.165) is 48.9 Å². The molecule has 0 amide bonds. The van der Waals surface area contributed by atoms with Crippen LogP contribution in [0.25, 0.3) is 5.69 Å². The van der Waals surface area contributed by atoms with E-state index in [-0.39, 0.29) is 18.5 Å². The Kier molecular flexibility index (Phi) is 4.79. The van der Waals surface area contributed by atoms with Crippen LogP contribution in [0, 0.1) is 12.3 Å². The molecular weight excluding hydrogens is 469 g/mol. The van der Waals surface area contributed by atoms with Crippen molar-refractivity contribution in [1.82, 2.24) is 29.6 Å². The molecule has 5 heterocycles. The highest BCUT2D eigenvalue weighted by Crippen LogP contribution is 2.44. The first-order chi connectivity index (χ1) is 16.2. The van der Waals surface area contributed by atoms with Crippen LogP contribution in [0.1, 0.15) is 17.1 Å². The van der Waals surface area contributed by atoms with Gasteiger partial charge in [0.15, 0.2) is 5.82 Å². The molecule has 0 saturated carbocycles. The van der Waals surface area contributed by atoms with E-state index in [4.69, 9.17) is 11.6 Å². The molecule has 0 bridgehead atoms. The molecule has 3 aromatic rings. The van der Waals surface area contributed by atoms with Crippen LogP contribution in [0.3, 0.4) is 0 Å². The summed E-state index contributed by atoms with van der Waals surface area (Å²) >= 11 is 6.18. The summed E-state index contributed by atoms with van der Waals surface area (Å²) in [6.45, 7) is 4.46. The SMILES string of the molecule is Cc1cncc(N2CC3(C2)CN(c2nnc4n2-c2ccc(Cl)cc2CN(CC(F)(F)F)C4)C3)n1. The molecule has 0 N–H and O–H groups in total. The highest BCUT2D eigenvalue weighted by Gasteiger charge is 2.53. The molecule has 1 aromatic carbocycles. The lowest BCUT2D eigenvalue weighted by molar-refractivity contribution is -0.148. The number of aryl methyl sites for hydroxylation is 1. The van der Waals surface area contributed by atoms with Crippen LogP contribution in [-0.4, -0.2) is 68.5 Å². The predicted octanol–water partition coefficient (Wildman–Crippen LogP) is 3.22. The smallest absolute Gasteiger partial charge is 0.354 e. The van der Waals surface area contributed by atoms with Crippen molar-refractivity contribution < 1.29 is 13.2 Å². The minimum absolute atomic E-state index is 0.0532. The van der Waals surface area contributed by atoms with E-state index in [1.54, 1.807) is 24.5 Å². The molecule has 0 unspecified atom stereocenters. The van der Waals surface area contributed by atoms with E-state index < -0.39 is 12.7 Å². The van der Waals surface area contributed by atoms with Gasteiger partial charge in [-0.15, -0.1) is 10.2 Å². The van der Waals surface area contributed by atoms with Gasteiger partial charge in [0.25, 0.3) is 0 Å². The zero-order valence-electron chi connectivity index (χ0n) is 18.4. The Morgan fingerprint density at radius 1 is 1.03 bits per heavy atom. The van der Waals surface area contributed by atoms with Gasteiger partial charge in [0.2, 0.25) is 5.95 Å². The molecule has 1 spiro atoms. The number of halogens is 4. The van der Waals surface area contributed by atoms with Crippen LogP contribution in [0.2, 0.25) is 5.02 Å². The Labute approximate surface area is 199 Å². The number of fused-ring (bicyclic) bond motifs is 3. The average molecular weight is 491 g/mol. The fourth-order valence-electron chi connectivity index (χ4n) is 5.25. The highest BCUT2D eigenvalue weighted by atomic mass is 35.5. The van der Waals surface area contributed by atoms with E-state index in [0.29, 0.717) is 16.8 Å². The van der Waals surface area contributed by atoms with Crippen molar-refractivity contribution in [3.8, 4) is 5.69 Å². The maximum Gasteiger partial charge on any atom is 0.401 e. The quantitative estimate of drug-likeness (QED) is 0.558. The number of nitrogens with zero attached hydrogens (tertiary/aromatic N) is 8. The Morgan fingerprint density at radius 3 is 2.53 bits per heavy atom. The summed E-state index contributed by atoms with van der Waals surface area (Å²) in [5, 5.41) is 9.16. The molecule has 12 heteroatoms. The van der Waals surface area contributed by atoms with E-state index in [2.05, 4.69) is 30.0 Å². The number of aromatic nitrogens is 5. The second-order valence-electron chi connectivity index (χ2n) is 9.52. The fourth-order valence-corrected chi connectivity index (χ4v) is 5.45. The minimum Gasteiger partial charge on any atom is -0.354 e. The number of rotatable bonds is 3. The van der Waals surface area contributed by atoms with Crippen LogP contribution in [0.5, 0.6) is 0 Å². The summed E-state index contributed by atoms with van der Waals surface area (Å²) in [7, 11) is 0. The van der Waals surface area contributed by atoms with E-state index in [1.165, 1.54) is 4.90 Å². The van der Waals surface area contributed by atoms with Crippen LogP contribution in [0.15, 0.2) is 30.6 Å². The molecule has 6 rings (SSSR count). The van der Waals surface area contributed by atoms with E-state index in [1.807, 2.05) is 17.6 Å². The van der Waals surface area contributed by atoms with Gasteiger partial charge in [-0.1, -0.05) is 11.6 Å². The van der Waals surface area contributed by atoms with Gasteiger partial charge in [0, 0.05) is 49.4 Å². The van der Waals surface area contributed by atoms with Crippen molar-refractivity contribution in [2.45, 2.75) is 26.2 Å². The zero-order valence-corrected chi connectivity index (χ0v) is 19.2. The van der Waals surface area contributed by atoms with Gasteiger partial charge in [0.1, 0.15) is 5.82 Å². The summed E-state index contributed by atoms with van der Waals surface area (Å²) in [6.07, 6.45) is -0.788. The standard InChI is InChI=1S/C22H22ClF3N8/c1-14-5-27-6-18(28-14)32-9-21(10-32)11-33(12-21)20-30-29-19-8-31(13-22(24,25)26)7-15-4-16(23)2-3-17(15)34(19)20/h2-6H,7-13H2,1H3. The zero-order chi connectivity index (χ0) is 23.7. The molecule has 2 fully saturated rings. The third-order valence-corrected chi connectivity index (χ3v) is 6.85. The summed E-state index contributed by atoms with van der Waals surface area (Å²) < 4.78 is 41.4. The van der Waals surface area contributed by atoms with Crippen LogP contribution in [-0.2, 0) is 13.1 Å². The van der Waals surface area contributed by atoms with Crippen LogP contribution >= 0.6 is 11.6 Å². The molecule has 178 valence electrons. The maximum atomic E-state index is 13.2. The van der Waals surface area contributed by atoms with E-state index in [9.17, 15) is 13.2 Å². The van der Waals surface area contributed by atoms with Gasteiger partial charge in [-0.2, -0.15) is 13.2 Å². The third-order valence-electron chi connectivity index (χ3n) is 6.61. The van der Waals surface area contributed by atoms with Gasteiger partial charge in [-0.05, 0) is 30.7 Å². The molecule has 3 aliphatic heterocycles. The molecule has 2 aromatic heterocycles. The van der Waals surface area contributed by atoms with Crippen molar-refractivity contribution in [2.75, 3.05) is 42.5 Å². The number of benzene rings is 1. The topological polar surface area (TPSA) is 66.2 Å². The lowest BCUT2D eigenvalue weighted by Crippen LogP contribution is -2.73. The Morgan fingerprint density at radius 2 is 1.79 bits per heavy atom. The average Bonchev–Trinajstić information content (AvgIpc) is 3.01. The van der Waals surface area contributed by atoms with Crippen LogP contribution in [0.4, 0.5) is 24.9 Å². The summed E-state index contributed by atoms with van der Waals surface area (Å²) in [6, 6.07) is 5.31. The fraction of sp³-hybridized carbons (Fsp3) is 0.455. The molecule has 3 aliphatic rings. The van der Waals surface area contributed by atoms with Gasteiger partial charge < -0.3 is 9.80 Å². The normalized spacial score (nSPS) is 19.3. The molecule has 0 atom stereocenters. The van der Waals surface area contributed by atoms with E-state index >= 15 is 0 Å². The molecule has 34 heavy (non-hydrogen) atoms. The largest absolute Gasteiger partial charge is 0.401 e.